The third-order valence-corrected chi connectivity index (χ3v) is 3.36. The highest BCUT2D eigenvalue weighted by Gasteiger charge is 2.04. The van der Waals surface area contributed by atoms with Crippen LogP contribution in [0.3, 0.4) is 0 Å². The number of aryl methyl sites for hydroxylation is 1. The van der Waals surface area contributed by atoms with Gasteiger partial charge in [-0.25, -0.2) is 0 Å². The van der Waals surface area contributed by atoms with Crippen molar-refractivity contribution in [1.29, 1.82) is 0 Å². The second kappa shape index (κ2) is 5.01. The first kappa shape index (κ1) is 11.1. The van der Waals surface area contributed by atoms with Gasteiger partial charge in [-0.3, -0.25) is 0 Å². The molecule has 0 aliphatic rings. The van der Waals surface area contributed by atoms with E-state index in [0.717, 1.165) is 0 Å². The summed E-state index contributed by atoms with van der Waals surface area (Å²) in [5.74, 6) is 0. The Bertz CT molecular complexity index is 404. The molecule has 76 valence electrons. The molecule has 0 atom stereocenters. The van der Waals surface area contributed by atoms with Crippen LogP contribution in [0.2, 0.25) is 0 Å². The molecule has 1 aromatic carbocycles. The lowest BCUT2D eigenvalue weighted by Crippen LogP contribution is -1.84. The minimum Gasteiger partial charge on any atom is -0.380 e. The van der Waals surface area contributed by atoms with Crippen molar-refractivity contribution in [1.82, 2.24) is 0 Å². The van der Waals surface area contributed by atoms with Crippen molar-refractivity contribution in [3.8, 4) is 0 Å². The molecule has 2 rings (SSSR count). The third-order valence-electron chi connectivity index (χ3n) is 2.07. The van der Waals surface area contributed by atoms with Crippen LogP contribution in [0, 0.1) is 6.92 Å². The van der Waals surface area contributed by atoms with E-state index in [4.69, 9.17) is 0 Å². The number of benzene rings is 1. The van der Waals surface area contributed by atoms with Crippen LogP contribution in [0.25, 0.3) is 10.1 Å². The van der Waals surface area contributed by atoms with E-state index in [1.807, 2.05) is 32.2 Å². The summed E-state index contributed by atoms with van der Waals surface area (Å²) in [6.45, 7) is 6.16. The molecular weight excluding hydrogens is 190 g/mol. The smallest absolute Gasteiger partial charge is 0.0922 e. The molecule has 0 saturated carbocycles. The van der Waals surface area contributed by atoms with Gasteiger partial charge in [0.15, 0.2) is 0 Å². The molecule has 2 heteroatoms. The Morgan fingerprint density at radius 2 is 1.79 bits per heavy atom. The van der Waals surface area contributed by atoms with Crippen molar-refractivity contribution in [3.05, 3.63) is 29.8 Å². The summed E-state index contributed by atoms with van der Waals surface area (Å²) >= 11 is 1.81. The lowest BCUT2D eigenvalue weighted by atomic mass is 10.2. The molecule has 0 bridgehead atoms. The monoisotopic (exact) mass is 207 g/mol. The molecule has 0 amide bonds. The van der Waals surface area contributed by atoms with E-state index in [0.29, 0.717) is 0 Å². The van der Waals surface area contributed by atoms with Crippen LogP contribution in [0.5, 0.6) is 0 Å². The fourth-order valence-corrected chi connectivity index (χ4v) is 2.48. The standard InChI is InChI=1S/C10H11NS.C2H6/c1-7-8-5-3-4-6-9(8)12-10(7)11-2;1-2/h3-6,11H,1-2H3;1-2H3. The highest BCUT2D eigenvalue weighted by molar-refractivity contribution is 7.23. The molecule has 1 nitrogen and oxygen atoms in total. The zero-order valence-corrected chi connectivity index (χ0v) is 10.0. The highest BCUT2D eigenvalue weighted by Crippen LogP contribution is 2.34. The van der Waals surface area contributed by atoms with Gasteiger partial charge in [0.2, 0.25) is 0 Å². The van der Waals surface area contributed by atoms with E-state index < -0.39 is 0 Å². The first-order valence-electron chi connectivity index (χ1n) is 4.99. The summed E-state index contributed by atoms with van der Waals surface area (Å²) < 4.78 is 1.36. The lowest BCUT2D eigenvalue weighted by Gasteiger charge is -1.94. The van der Waals surface area contributed by atoms with E-state index in [1.54, 1.807) is 0 Å². The quantitative estimate of drug-likeness (QED) is 0.736. The van der Waals surface area contributed by atoms with Crippen LogP contribution < -0.4 is 5.32 Å². The van der Waals surface area contributed by atoms with Crippen molar-refractivity contribution in [3.63, 3.8) is 0 Å². The predicted molar refractivity (Wildman–Crippen MR) is 67.5 cm³/mol. The predicted octanol–water partition coefficient (Wildman–Crippen LogP) is 4.28. The van der Waals surface area contributed by atoms with Gasteiger partial charge in [-0.2, -0.15) is 0 Å². The van der Waals surface area contributed by atoms with Crippen LogP contribution in [0.4, 0.5) is 5.00 Å². The zero-order valence-electron chi connectivity index (χ0n) is 9.22. The SMILES string of the molecule is CC.CNc1sc2ccccc2c1C. The van der Waals surface area contributed by atoms with Gasteiger partial charge in [0.1, 0.15) is 0 Å². The average Bonchev–Trinajstić information content (AvgIpc) is 2.59. The van der Waals surface area contributed by atoms with Gasteiger partial charge in [0, 0.05) is 11.7 Å². The van der Waals surface area contributed by atoms with Crippen LogP contribution >= 0.6 is 11.3 Å². The minimum absolute atomic E-state index is 1.27. The molecule has 14 heavy (non-hydrogen) atoms. The maximum absolute atomic E-state index is 3.20. The van der Waals surface area contributed by atoms with E-state index in [-0.39, 0.29) is 0 Å². The molecule has 2 aromatic rings. The highest BCUT2D eigenvalue weighted by atomic mass is 32.1. The maximum atomic E-state index is 3.20. The molecule has 0 saturated heterocycles. The molecule has 1 heterocycles. The Labute approximate surface area is 89.8 Å². The van der Waals surface area contributed by atoms with Crippen LogP contribution in [0.15, 0.2) is 24.3 Å². The number of anilines is 1. The number of hydrogen-bond donors (Lipinski definition) is 1. The summed E-state index contributed by atoms with van der Waals surface area (Å²) in [5.41, 5.74) is 1.36. The van der Waals surface area contributed by atoms with E-state index in [2.05, 4.69) is 36.5 Å². The lowest BCUT2D eigenvalue weighted by molar-refractivity contribution is 1.50. The first-order chi connectivity index (χ1) is 6.83. The number of thiophene rings is 1. The van der Waals surface area contributed by atoms with Crippen molar-refractivity contribution in [2.45, 2.75) is 20.8 Å². The number of nitrogens with one attached hydrogen (secondary N) is 1. The molecule has 1 N–H and O–H groups in total. The summed E-state index contributed by atoms with van der Waals surface area (Å²) in [4.78, 5) is 0. The van der Waals surface area contributed by atoms with Gasteiger partial charge in [0.25, 0.3) is 0 Å². The molecule has 0 aliphatic carbocycles. The van der Waals surface area contributed by atoms with Gasteiger partial charge in [0.05, 0.1) is 5.00 Å². The number of fused-ring (bicyclic) bond motifs is 1. The Kier molecular flexibility index (Phi) is 3.96. The topological polar surface area (TPSA) is 12.0 Å². The molecule has 0 spiro atoms. The van der Waals surface area contributed by atoms with E-state index in [1.165, 1.54) is 20.7 Å². The first-order valence-corrected chi connectivity index (χ1v) is 5.80. The van der Waals surface area contributed by atoms with Gasteiger partial charge in [-0.1, -0.05) is 32.0 Å². The fraction of sp³-hybridized carbons (Fsp3) is 0.333. The minimum atomic E-state index is 1.27. The molecule has 0 aliphatic heterocycles. The van der Waals surface area contributed by atoms with Gasteiger partial charge in [-0.05, 0) is 23.9 Å². The Morgan fingerprint density at radius 3 is 2.36 bits per heavy atom. The summed E-state index contributed by atoms with van der Waals surface area (Å²) in [6.07, 6.45) is 0. The normalized spacial score (nSPS) is 9.43. The van der Waals surface area contributed by atoms with Gasteiger partial charge >= 0.3 is 0 Å². The van der Waals surface area contributed by atoms with Crippen LogP contribution in [-0.4, -0.2) is 7.05 Å². The van der Waals surface area contributed by atoms with Crippen LogP contribution in [0.1, 0.15) is 19.4 Å². The summed E-state index contributed by atoms with van der Waals surface area (Å²) in [5, 5.41) is 5.84. The second-order valence-electron chi connectivity index (χ2n) is 2.80. The maximum Gasteiger partial charge on any atom is 0.0922 e. The summed E-state index contributed by atoms with van der Waals surface area (Å²) in [7, 11) is 1.97. The summed E-state index contributed by atoms with van der Waals surface area (Å²) in [6, 6.07) is 8.50. The van der Waals surface area contributed by atoms with Crippen molar-refractivity contribution >= 4 is 26.4 Å². The molecule has 0 radical (unpaired) electrons. The molecule has 0 fully saturated rings. The Balaban J connectivity index is 0.000000461. The number of rotatable bonds is 1. The molecule has 1 aromatic heterocycles. The fourth-order valence-electron chi connectivity index (χ4n) is 1.41. The number of hydrogen-bond acceptors (Lipinski definition) is 2. The zero-order chi connectivity index (χ0) is 10.6. The van der Waals surface area contributed by atoms with E-state index in [9.17, 15) is 0 Å². The average molecular weight is 207 g/mol. The van der Waals surface area contributed by atoms with Crippen molar-refractivity contribution < 1.29 is 0 Å². The Hall–Kier alpha value is -1.02. The van der Waals surface area contributed by atoms with E-state index >= 15 is 0 Å². The molecule has 0 unspecified atom stereocenters. The molecular formula is C12H17NS. The second-order valence-corrected chi connectivity index (χ2v) is 3.85. The van der Waals surface area contributed by atoms with Crippen molar-refractivity contribution in [2.24, 2.45) is 0 Å². The van der Waals surface area contributed by atoms with Crippen LogP contribution in [-0.2, 0) is 0 Å². The largest absolute Gasteiger partial charge is 0.380 e. The van der Waals surface area contributed by atoms with Gasteiger partial charge in [-0.15, -0.1) is 11.3 Å². The van der Waals surface area contributed by atoms with Crippen molar-refractivity contribution in [2.75, 3.05) is 12.4 Å². The van der Waals surface area contributed by atoms with Gasteiger partial charge < -0.3 is 5.32 Å². The third kappa shape index (κ3) is 1.90. The Morgan fingerprint density at radius 1 is 1.14 bits per heavy atom.